The minimum Gasteiger partial charge on any atom is -0.398 e. The number of anilines is 1. The zero-order chi connectivity index (χ0) is 10.3. The Morgan fingerprint density at radius 3 is 2.71 bits per heavy atom. The van der Waals surface area contributed by atoms with E-state index in [1.54, 1.807) is 13.8 Å². The van der Waals surface area contributed by atoms with E-state index in [0.29, 0.717) is 11.3 Å². The number of thiophene rings is 1. The van der Waals surface area contributed by atoms with Crippen LogP contribution in [0.3, 0.4) is 0 Å². The molecule has 0 saturated heterocycles. The second-order valence-electron chi connectivity index (χ2n) is 3.84. The monoisotopic (exact) mass is 209 g/mol. The first-order chi connectivity index (χ1) is 6.50. The van der Waals surface area contributed by atoms with Crippen LogP contribution in [0, 0.1) is 0 Å². The van der Waals surface area contributed by atoms with Crippen molar-refractivity contribution in [3.63, 3.8) is 0 Å². The van der Waals surface area contributed by atoms with Crippen LogP contribution in [0.5, 0.6) is 0 Å². The van der Waals surface area contributed by atoms with Crippen molar-refractivity contribution in [2.75, 3.05) is 5.73 Å². The van der Waals surface area contributed by atoms with Gasteiger partial charge in [-0.2, -0.15) is 0 Å². The third-order valence-electron chi connectivity index (χ3n) is 2.27. The average molecular weight is 209 g/mol. The summed E-state index contributed by atoms with van der Waals surface area (Å²) >= 11 is 1.53. The van der Waals surface area contributed by atoms with Crippen LogP contribution in [0.4, 0.5) is 10.1 Å². The van der Waals surface area contributed by atoms with Crippen molar-refractivity contribution >= 4 is 27.1 Å². The van der Waals surface area contributed by atoms with Crippen molar-refractivity contribution < 1.29 is 4.39 Å². The summed E-state index contributed by atoms with van der Waals surface area (Å²) in [6, 6.07) is 5.67. The van der Waals surface area contributed by atoms with Gasteiger partial charge in [0, 0.05) is 21.3 Å². The zero-order valence-corrected chi connectivity index (χ0v) is 8.99. The summed E-state index contributed by atoms with van der Waals surface area (Å²) in [6.45, 7) is 3.11. The van der Waals surface area contributed by atoms with Crippen LogP contribution in [-0.4, -0.2) is 0 Å². The van der Waals surface area contributed by atoms with Crippen molar-refractivity contribution in [3.05, 3.63) is 29.1 Å². The molecule has 0 aliphatic heterocycles. The van der Waals surface area contributed by atoms with Crippen LogP contribution >= 0.6 is 11.3 Å². The maximum Gasteiger partial charge on any atom is 0.131 e. The van der Waals surface area contributed by atoms with Crippen molar-refractivity contribution in [1.82, 2.24) is 0 Å². The van der Waals surface area contributed by atoms with Gasteiger partial charge in [0.1, 0.15) is 5.67 Å². The van der Waals surface area contributed by atoms with Gasteiger partial charge in [0.05, 0.1) is 0 Å². The number of hydrogen-bond acceptors (Lipinski definition) is 2. The Morgan fingerprint density at radius 2 is 2.07 bits per heavy atom. The van der Waals surface area contributed by atoms with Crippen molar-refractivity contribution in [2.24, 2.45) is 0 Å². The molecular weight excluding hydrogens is 197 g/mol. The van der Waals surface area contributed by atoms with Gasteiger partial charge < -0.3 is 5.73 Å². The topological polar surface area (TPSA) is 26.0 Å². The summed E-state index contributed by atoms with van der Waals surface area (Å²) < 4.78 is 14.9. The largest absolute Gasteiger partial charge is 0.398 e. The Labute approximate surface area is 86.4 Å². The number of alkyl halides is 1. The lowest BCUT2D eigenvalue weighted by Crippen LogP contribution is -2.08. The fraction of sp³-hybridized carbons (Fsp3) is 0.273. The average Bonchev–Trinajstić information content (AvgIpc) is 2.47. The molecule has 0 fully saturated rings. The molecule has 0 aliphatic rings. The predicted molar refractivity (Wildman–Crippen MR) is 60.4 cm³/mol. The molecule has 1 aromatic carbocycles. The molecule has 2 N–H and O–H groups in total. The van der Waals surface area contributed by atoms with E-state index in [1.165, 1.54) is 11.3 Å². The first kappa shape index (κ1) is 9.46. The lowest BCUT2D eigenvalue weighted by Gasteiger charge is -2.13. The fourth-order valence-electron chi connectivity index (χ4n) is 1.55. The highest BCUT2D eigenvalue weighted by molar-refractivity contribution is 7.17. The van der Waals surface area contributed by atoms with Crippen LogP contribution in [0.1, 0.15) is 19.4 Å². The number of nitrogen functional groups attached to an aromatic ring is 1. The smallest absolute Gasteiger partial charge is 0.131 e. The van der Waals surface area contributed by atoms with E-state index >= 15 is 0 Å². The van der Waals surface area contributed by atoms with Gasteiger partial charge >= 0.3 is 0 Å². The summed E-state index contributed by atoms with van der Waals surface area (Å²) in [6.07, 6.45) is 0. The molecule has 3 heteroatoms. The van der Waals surface area contributed by atoms with E-state index in [1.807, 2.05) is 23.6 Å². The Morgan fingerprint density at radius 1 is 1.36 bits per heavy atom. The highest BCUT2D eigenvalue weighted by Gasteiger charge is 2.23. The molecule has 0 radical (unpaired) electrons. The van der Waals surface area contributed by atoms with Crippen LogP contribution in [0.15, 0.2) is 23.6 Å². The fourth-order valence-corrected chi connectivity index (χ4v) is 2.70. The van der Waals surface area contributed by atoms with E-state index < -0.39 is 5.67 Å². The van der Waals surface area contributed by atoms with Crippen LogP contribution < -0.4 is 5.73 Å². The third kappa shape index (κ3) is 1.38. The van der Waals surface area contributed by atoms with Gasteiger partial charge in [0.15, 0.2) is 0 Å². The molecule has 2 rings (SSSR count). The van der Waals surface area contributed by atoms with Crippen LogP contribution in [0.25, 0.3) is 10.1 Å². The normalized spacial score (nSPS) is 12.2. The zero-order valence-electron chi connectivity index (χ0n) is 8.17. The molecule has 2 aromatic rings. The summed E-state index contributed by atoms with van der Waals surface area (Å²) in [4.78, 5) is 0. The SMILES string of the molecule is CC(C)(F)c1csc2cccc(N)c12. The number of nitrogens with two attached hydrogens (primary N) is 1. The third-order valence-corrected chi connectivity index (χ3v) is 3.22. The van der Waals surface area contributed by atoms with E-state index in [-0.39, 0.29) is 0 Å². The summed E-state index contributed by atoms with van der Waals surface area (Å²) in [5.74, 6) is 0. The second kappa shape index (κ2) is 2.95. The van der Waals surface area contributed by atoms with Gasteiger partial charge in [-0.15, -0.1) is 11.3 Å². The van der Waals surface area contributed by atoms with Crippen LogP contribution in [0.2, 0.25) is 0 Å². The Bertz CT molecular complexity index is 468. The lowest BCUT2D eigenvalue weighted by atomic mass is 9.99. The number of rotatable bonds is 1. The summed E-state index contributed by atoms with van der Waals surface area (Å²) in [7, 11) is 0. The van der Waals surface area contributed by atoms with Gasteiger partial charge in [-0.25, -0.2) is 4.39 Å². The number of benzene rings is 1. The highest BCUT2D eigenvalue weighted by Crippen LogP contribution is 2.38. The van der Waals surface area contributed by atoms with Gasteiger partial charge in [-0.1, -0.05) is 6.07 Å². The molecule has 0 spiro atoms. The van der Waals surface area contributed by atoms with Gasteiger partial charge in [0.2, 0.25) is 0 Å². The first-order valence-corrected chi connectivity index (χ1v) is 5.33. The lowest BCUT2D eigenvalue weighted by molar-refractivity contribution is 0.224. The molecule has 0 unspecified atom stereocenters. The molecule has 1 nitrogen and oxygen atoms in total. The molecule has 0 atom stereocenters. The Kier molecular flexibility index (Phi) is 2.00. The Hall–Kier alpha value is -1.09. The summed E-state index contributed by atoms with van der Waals surface area (Å²) in [5, 5.41) is 2.71. The molecule has 0 saturated carbocycles. The molecule has 14 heavy (non-hydrogen) atoms. The molecular formula is C11H12FNS. The first-order valence-electron chi connectivity index (χ1n) is 4.45. The van der Waals surface area contributed by atoms with Crippen molar-refractivity contribution in [3.8, 4) is 0 Å². The number of fused-ring (bicyclic) bond motifs is 1. The predicted octanol–water partition coefficient (Wildman–Crippen LogP) is 3.69. The van der Waals surface area contributed by atoms with Gasteiger partial charge in [0.25, 0.3) is 0 Å². The maximum atomic E-state index is 13.8. The second-order valence-corrected chi connectivity index (χ2v) is 4.75. The molecule has 0 aliphatic carbocycles. The van der Waals surface area contributed by atoms with Gasteiger partial charge in [-0.3, -0.25) is 0 Å². The van der Waals surface area contributed by atoms with E-state index in [4.69, 9.17) is 5.73 Å². The van der Waals surface area contributed by atoms with E-state index in [0.717, 1.165) is 10.1 Å². The van der Waals surface area contributed by atoms with E-state index in [9.17, 15) is 4.39 Å². The molecule has 0 bridgehead atoms. The molecule has 1 aromatic heterocycles. The molecule has 1 heterocycles. The maximum absolute atomic E-state index is 13.8. The van der Waals surface area contributed by atoms with Crippen molar-refractivity contribution in [2.45, 2.75) is 19.5 Å². The summed E-state index contributed by atoms with van der Waals surface area (Å²) in [5.41, 5.74) is 5.86. The standard InChI is InChI=1S/C11H12FNS/c1-11(2,12)7-6-14-9-5-3-4-8(13)10(7)9/h3-6H,13H2,1-2H3. The number of hydrogen-bond donors (Lipinski definition) is 1. The van der Waals surface area contributed by atoms with Crippen LogP contribution in [-0.2, 0) is 5.67 Å². The minimum atomic E-state index is -1.33. The molecule has 74 valence electrons. The number of halogens is 1. The molecule has 0 amide bonds. The quantitative estimate of drug-likeness (QED) is 0.712. The van der Waals surface area contributed by atoms with Crippen molar-refractivity contribution in [1.29, 1.82) is 0 Å². The van der Waals surface area contributed by atoms with Gasteiger partial charge in [-0.05, 0) is 31.4 Å². The minimum absolute atomic E-state index is 0.657. The highest BCUT2D eigenvalue weighted by atomic mass is 32.1. The Balaban J connectivity index is 2.80. The van der Waals surface area contributed by atoms with E-state index in [2.05, 4.69) is 0 Å².